The zero-order chi connectivity index (χ0) is 20.4. The largest absolute Gasteiger partial charge is 0.419 e. The summed E-state index contributed by atoms with van der Waals surface area (Å²) in [5.74, 6) is -0.778. The molecule has 0 saturated carbocycles. The van der Waals surface area contributed by atoms with Crippen molar-refractivity contribution in [2.24, 2.45) is 5.92 Å². The summed E-state index contributed by atoms with van der Waals surface area (Å²) in [6, 6.07) is 11.7. The predicted octanol–water partition coefficient (Wildman–Crippen LogP) is 4.50. The first kappa shape index (κ1) is 19.2. The minimum absolute atomic E-state index is 0.120. The molecule has 1 aliphatic heterocycles. The Morgan fingerprint density at radius 3 is 2.79 bits per heavy atom. The van der Waals surface area contributed by atoms with Crippen LogP contribution < -0.4 is 10.2 Å². The third kappa shape index (κ3) is 4.16. The van der Waals surface area contributed by atoms with Crippen LogP contribution in [0.2, 0.25) is 0 Å². The van der Waals surface area contributed by atoms with Gasteiger partial charge >= 0.3 is 6.18 Å². The number of aromatic nitrogens is 2. The highest BCUT2D eigenvalue weighted by atomic mass is 19.4. The Labute approximate surface area is 165 Å². The molecule has 1 unspecified atom stereocenters. The van der Waals surface area contributed by atoms with Crippen molar-refractivity contribution in [3.8, 4) is 0 Å². The van der Waals surface area contributed by atoms with Gasteiger partial charge < -0.3 is 10.2 Å². The fourth-order valence-electron chi connectivity index (χ4n) is 3.64. The SMILES string of the molecule is O=C(Nc1cnc2ccccc2c1)C1CCCN(c2ncccc2C(F)(F)F)C1. The summed E-state index contributed by atoms with van der Waals surface area (Å²) in [7, 11) is 0. The van der Waals surface area contributed by atoms with Gasteiger partial charge in [-0.1, -0.05) is 18.2 Å². The molecule has 29 heavy (non-hydrogen) atoms. The lowest BCUT2D eigenvalue weighted by molar-refractivity contribution is -0.137. The molecule has 0 aliphatic carbocycles. The van der Waals surface area contributed by atoms with Gasteiger partial charge in [-0.25, -0.2) is 4.98 Å². The van der Waals surface area contributed by atoms with Gasteiger partial charge in [0.05, 0.1) is 28.9 Å². The Bertz CT molecular complexity index is 1040. The Balaban J connectivity index is 1.50. The minimum atomic E-state index is -4.49. The molecular formula is C21H19F3N4O. The van der Waals surface area contributed by atoms with Crippen LogP contribution in [0.15, 0.2) is 54.9 Å². The lowest BCUT2D eigenvalue weighted by Crippen LogP contribution is -2.42. The summed E-state index contributed by atoms with van der Waals surface area (Å²) >= 11 is 0. The lowest BCUT2D eigenvalue weighted by Gasteiger charge is -2.34. The molecule has 0 bridgehead atoms. The van der Waals surface area contributed by atoms with E-state index in [0.29, 0.717) is 25.1 Å². The topological polar surface area (TPSA) is 58.1 Å². The van der Waals surface area contributed by atoms with Crippen molar-refractivity contribution in [3.63, 3.8) is 0 Å². The summed E-state index contributed by atoms with van der Waals surface area (Å²) in [6.07, 6.45) is -0.342. The van der Waals surface area contributed by atoms with E-state index in [0.717, 1.165) is 17.0 Å². The molecule has 1 amide bonds. The number of carbonyl (C=O) groups is 1. The van der Waals surface area contributed by atoms with E-state index in [9.17, 15) is 18.0 Å². The van der Waals surface area contributed by atoms with Crippen molar-refractivity contribution in [1.82, 2.24) is 9.97 Å². The number of nitrogens with one attached hydrogen (secondary N) is 1. The third-order valence-corrected chi connectivity index (χ3v) is 5.04. The summed E-state index contributed by atoms with van der Waals surface area (Å²) in [5.41, 5.74) is 0.614. The molecular weight excluding hydrogens is 381 g/mol. The van der Waals surface area contributed by atoms with Gasteiger partial charge in [-0.3, -0.25) is 9.78 Å². The maximum Gasteiger partial charge on any atom is 0.419 e. The van der Waals surface area contributed by atoms with Crippen LogP contribution in [0.3, 0.4) is 0 Å². The Kier molecular flexibility index (Phi) is 5.08. The van der Waals surface area contributed by atoms with E-state index in [1.165, 1.54) is 12.3 Å². The standard InChI is InChI=1S/C21H19F3N4O/c22-21(23,24)17-7-3-9-25-19(17)28-10-4-6-15(13-28)20(29)27-16-11-14-5-1-2-8-18(14)26-12-16/h1-3,5,7-9,11-12,15H,4,6,10,13H2,(H,27,29). The first-order valence-corrected chi connectivity index (χ1v) is 9.34. The number of alkyl halides is 3. The van der Waals surface area contributed by atoms with Crippen molar-refractivity contribution >= 4 is 28.3 Å². The van der Waals surface area contributed by atoms with Crippen molar-refractivity contribution in [1.29, 1.82) is 0 Å². The first-order valence-electron chi connectivity index (χ1n) is 9.34. The van der Waals surface area contributed by atoms with Gasteiger partial charge in [0.25, 0.3) is 0 Å². The van der Waals surface area contributed by atoms with E-state index in [1.54, 1.807) is 11.1 Å². The normalized spacial score (nSPS) is 17.3. The van der Waals surface area contributed by atoms with Gasteiger partial charge in [0, 0.05) is 24.7 Å². The lowest BCUT2D eigenvalue weighted by atomic mass is 9.96. The number of halogens is 3. The van der Waals surface area contributed by atoms with Crippen molar-refractivity contribution in [3.05, 3.63) is 60.4 Å². The number of benzene rings is 1. The van der Waals surface area contributed by atoms with Crippen LogP contribution in [0.1, 0.15) is 18.4 Å². The predicted molar refractivity (Wildman–Crippen MR) is 105 cm³/mol. The van der Waals surface area contributed by atoms with Gasteiger partial charge in [0.1, 0.15) is 5.82 Å². The van der Waals surface area contributed by atoms with Gasteiger partial charge in [0.2, 0.25) is 5.91 Å². The van der Waals surface area contributed by atoms with Crippen LogP contribution in [-0.4, -0.2) is 29.0 Å². The molecule has 1 saturated heterocycles. The third-order valence-electron chi connectivity index (χ3n) is 5.04. The van der Waals surface area contributed by atoms with Crippen molar-refractivity contribution in [2.75, 3.05) is 23.3 Å². The minimum Gasteiger partial charge on any atom is -0.355 e. The van der Waals surface area contributed by atoms with Crippen LogP contribution in [0.5, 0.6) is 0 Å². The molecule has 1 aliphatic rings. The van der Waals surface area contributed by atoms with Gasteiger partial charge in [-0.15, -0.1) is 0 Å². The van der Waals surface area contributed by atoms with Crippen LogP contribution in [0, 0.1) is 5.92 Å². The average molecular weight is 400 g/mol. The number of fused-ring (bicyclic) bond motifs is 1. The van der Waals surface area contributed by atoms with Crippen LogP contribution in [0.25, 0.3) is 10.9 Å². The number of para-hydroxylation sites is 1. The van der Waals surface area contributed by atoms with E-state index in [4.69, 9.17) is 0 Å². The smallest absolute Gasteiger partial charge is 0.355 e. The van der Waals surface area contributed by atoms with E-state index < -0.39 is 17.7 Å². The summed E-state index contributed by atoms with van der Waals surface area (Å²) in [5, 5.41) is 3.75. The van der Waals surface area contributed by atoms with Gasteiger partial charge in [0.15, 0.2) is 0 Å². The highest BCUT2D eigenvalue weighted by molar-refractivity contribution is 5.95. The van der Waals surface area contributed by atoms with Crippen molar-refractivity contribution in [2.45, 2.75) is 19.0 Å². The molecule has 1 atom stereocenters. The average Bonchev–Trinajstić information content (AvgIpc) is 2.73. The Hall–Kier alpha value is -3.16. The van der Waals surface area contributed by atoms with Crippen LogP contribution in [-0.2, 0) is 11.0 Å². The fourth-order valence-corrected chi connectivity index (χ4v) is 3.64. The number of hydrogen-bond donors (Lipinski definition) is 1. The van der Waals surface area contributed by atoms with E-state index in [2.05, 4.69) is 15.3 Å². The number of amides is 1. The highest BCUT2D eigenvalue weighted by Gasteiger charge is 2.37. The Morgan fingerprint density at radius 2 is 1.97 bits per heavy atom. The van der Waals surface area contributed by atoms with E-state index in [1.807, 2.05) is 30.3 Å². The Morgan fingerprint density at radius 1 is 1.14 bits per heavy atom. The highest BCUT2D eigenvalue weighted by Crippen LogP contribution is 2.36. The fraction of sp³-hybridized carbons (Fsp3) is 0.286. The van der Waals surface area contributed by atoms with E-state index >= 15 is 0 Å². The number of piperidine rings is 1. The molecule has 150 valence electrons. The first-order chi connectivity index (χ1) is 13.9. The molecule has 4 rings (SSSR count). The second-order valence-electron chi connectivity index (χ2n) is 7.06. The molecule has 3 aromatic rings. The molecule has 0 spiro atoms. The number of anilines is 2. The molecule has 8 heteroatoms. The molecule has 1 N–H and O–H groups in total. The maximum atomic E-state index is 13.3. The monoisotopic (exact) mass is 400 g/mol. The number of carbonyl (C=O) groups excluding carboxylic acids is 1. The van der Waals surface area contributed by atoms with E-state index in [-0.39, 0.29) is 18.3 Å². The number of pyridine rings is 2. The second kappa shape index (κ2) is 7.69. The van der Waals surface area contributed by atoms with Gasteiger partial charge in [-0.2, -0.15) is 13.2 Å². The molecule has 2 aromatic heterocycles. The summed E-state index contributed by atoms with van der Waals surface area (Å²) < 4.78 is 40.0. The maximum absolute atomic E-state index is 13.3. The molecule has 0 radical (unpaired) electrons. The number of hydrogen-bond acceptors (Lipinski definition) is 4. The van der Waals surface area contributed by atoms with Crippen LogP contribution >= 0.6 is 0 Å². The summed E-state index contributed by atoms with van der Waals surface area (Å²) in [6.45, 7) is 0.619. The molecule has 1 aromatic carbocycles. The number of nitrogens with zero attached hydrogens (tertiary/aromatic N) is 3. The summed E-state index contributed by atoms with van der Waals surface area (Å²) in [4.78, 5) is 22.6. The second-order valence-corrected chi connectivity index (χ2v) is 7.06. The van der Waals surface area contributed by atoms with Crippen molar-refractivity contribution < 1.29 is 18.0 Å². The molecule has 5 nitrogen and oxygen atoms in total. The van der Waals surface area contributed by atoms with Crippen LogP contribution in [0.4, 0.5) is 24.7 Å². The van der Waals surface area contributed by atoms with Gasteiger partial charge in [-0.05, 0) is 37.1 Å². The quantitative estimate of drug-likeness (QED) is 0.703. The zero-order valence-corrected chi connectivity index (χ0v) is 15.5. The number of rotatable bonds is 3. The zero-order valence-electron chi connectivity index (χ0n) is 15.5. The molecule has 1 fully saturated rings. The molecule has 3 heterocycles.